The van der Waals surface area contributed by atoms with E-state index in [-0.39, 0.29) is 19.0 Å². The molecule has 0 bridgehead atoms. The van der Waals surface area contributed by atoms with Gasteiger partial charge in [0.05, 0.1) is 5.69 Å². The molecule has 2 rings (SSSR count). The summed E-state index contributed by atoms with van der Waals surface area (Å²) in [5.41, 5.74) is 1.22. The minimum atomic E-state index is -0.729. The highest BCUT2D eigenvalue weighted by Gasteiger charge is 2.09. The van der Waals surface area contributed by atoms with Crippen molar-refractivity contribution in [3.8, 4) is 5.75 Å². The fraction of sp³-hybridized carbons (Fsp3) is 0.250. The summed E-state index contributed by atoms with van der Waals surface area (Å²) in [6.07, 6.45) is -0.729. The molecule has 2 aromatic carbocycles. The van der Waals surface area contributed by atoms with Crippen LogP contribution in [0.2, 0.25) is 0 Å². The number of anilines is 1. The molecule has 112 valence electrons. The lowest BCUT2D eigenvalue weighted by atomic mass is 10.2. The largest absolute Gasteiger partial charge is 0.491 e. The first-order valence-corrected chi connectivity index (χ1v) is 7.41. The topological polar surface area (TPSA) is 41.5 Å². The van der Waals surface area contributed by atoms with Gasteiger partial charge < -0.3 is 15.2 Å². The lowest BCUT2D eigenvalue weighted by molar-refractivity contribution is 0.117. The summed E-state index contributed by atoms with van der Waals surface area (Å²) in [6, 6.07) is 12.2. The summed E-state index contributed by atoms with van der Waals surface area (Å²) < 4.78 is 20.0. The van der Waals surface area contributed by atoms with Crippen LogP contribution < -0.4 is 10.1 Å². The van der Waals surface area contributed by atoms with E-state index in [2.05, 4.69) is 21.2 Å². The second-order valence-electron chi connectivity index (χ2n) is 4.73. The maximum Gasteiger partial charge on any atom is 0.146 e. The molecule has 0 aliphatic rings. The summed E-state index contributed by atoms with van der Waals surface area (Å²) in [5.74, 6) is 0.357. The van der Waals surface area contributed by atoms with Crippen LogP contribution in [-0.2, 0) is 0 Å². The van der Waals surface area contributed by atoms with Gasteiger partial charge in [0.15, 0.2) is 0 Å². The van der Waals surface area contributed by atoms with Crippen molar-refractivity contribution in [3.05, 3.63) is 58.3 Å². The summed E-state index contributed by atoms with van der Waals surface area (Å²) in [6.45, 7) is 2.18. The van der Waals surface area contributed by atoms with Crippen LogP contribution in [0.1, 0.15) is 5.56 Å². The predicted octanol–water partition coefficient (Wildman–Crippen LogP) is 3.75. The molecule has 0 aliphatic carbocycles. The third-order valence-corrected chi connectivity index (χ3v) is 3.52. The second-order valence-corrected chi connectivity index (χ2v) is 5.65. The van der Waals surface area contributed by atoms with Gasteiger partial charge in [0.2, 0.25) is 0 Å². The lowest BCUT2D eigenvalue weighted by Crippen LogP contribution is -2.26. The highest BCUT2D eigenvalue weighted by Crippen LogP contribution is 2.19. The zero-order valence-corrected chi connectivity index (χ0v) is 13.2. The predicted molar refractivity (Wildman–Crippen MR) is 85.3 cm³/mol. The number of rotatable bonds is 6. The van der Waals surface area contributed by atoms with E-state index in [9.17, 15) is 9.50 Å². The van der Waals surface area contributed by atoms with Gasteiger partial charge in [0.25, 0.3) is 0 Å². The van der Waals surface area contributed by atoms with Gasteiger partial charge in [-0.15, -0.1) is 0 Å². The van der Waals surface area contributed by atoms with Crippen LogP contribution in [0.3, 0.4) is 0 Å². The first-order chi connectivity index (χ1) is 10.1. The van der Waals surface area contributed by atoms with Crippen LogP contribution in [0.25, 0.3) is 0 Å². The number of aliphatic hydroxyl groups excluding tert-OH is 1. The molecule has 3 nitrogen and oxygen atoms in total. The van der Waals surface area contributed by atoms with Gasteiger partial charge in [0, 0.05) is 11.0 Å². The van der Waals surface area contributed by atoms with E-state index in [1.807, 2.05) is 37.3 Å². The number of ether oxygens (including phenoxy) is 1. The second kappa shape index (κ2) is 7.43. The van der Waals surface area contributed by atoms with Crippen LogP contribution in [0, 0.1) is 12.7 Å². The number of halogens is 2. The first-order valence-electron chi connectivity index (χ1n) is 6.61. The number of nitrogens with one attached hydrogen (secondary N) is 1. The van der Waals surface area contributed by atoms with E-state index in [0.717, 1.165) is 10.0 Å². The standard InChI is InChI=1S/C16H17BrFNO2/c1-11-3-2-4-15(18)16(11)19-9-13(20)10-21-14-7-5-12(17)6-8-14/h2-8,13,19-20H,9-10H2,1H3. The molecule has 0 saturated heterocycles. The average Bonchev–Trinajstić information content (AvgIpc) is 2.46. The molecule has 0 heterocycles. The third kappa shape index (κ3) is 4.72. The van der Waals surface area contributed by atoms with Gasteiger partial charge in [-0.3, -0.25) is 0 Å². The Morgan fingerprint density at radius 1 is 1.24 bits per heavy atom. The third-order valence-electron chi connectivity index (χ3n) is 2.99. The molecule has 0 saturated carbocycles. The molecule has 21 heavy (non-hydrogen) atoms. The molecule has 5 heteroatoms. The minimum absolute atomic E-state index is 0.141. The highest BCUT2D eigenvalue weighted by molar-refractivity contribution is 9.10. The Morgan fingerprint density at radius 3 is 2.62 bits per heavy atom. The lowest BCUT2D eigenvalue weighted by Gasteiger charge is -2.15. The van der Waals surface area contributed by atoms with Gasteiger partial charge in [-0.05, 0) is 42.8 Å². The van der Waals surface area contributed by atoms with Crippen molar-refractivity contribution in [1.29, 1.82) is 0 Å². The molecule has 2 N–H and O–H groups in total. The Balaban J connectivity index is 1.82. The van der Waals surface area contributed by atoms with E-state index in [0.29, 0.717) is 11.4 Å². The average molecular weight is 354 g/mol. The SMILES string of the molecule is Cc1cccc(F)c1NCC(O)COc1ccc(Br)cc1. The van der Waals surface area contributed by atoms with E-state index in [4.69, 9.17) is 4.74 Å². The summed E-state index contributed by atoms with van der Waals surface area (Å²) in [5, 5.41) is 12.8. The molecule has 0 amide bonds. The number of hydrogen-bond donors (Lipinski definition) is 2. The zero-order chi connectivity index (χ0) is 15.2. The molecule has 0 aromatic heterocycles. The van der Waals surface area contributed by atoms with Crippen molar-refractivity contribution >= 4 is 21.6 Å². The maximum atomic E-state index is 13.6. The summed E-state index contributed by atoms with van der Waals surface area (Å²) in [7, 11) is 0. The number of benzene rings is 2. The zero-order valence-electron chi connectivity index (χ0n) is 11.6. The fourth-order valence-electron chi connectivity index (χ4n) is 1.86. The number of aliphatic hydroxyl groups is 1. The Kier molecular flexibility index (Phi) is 5.59. The van der Waals surface area contributed by atoms with Crippen molar-refractivity contribution in [1.82, 2.24) is 0 Å². The van der Waals surface area contributed by atoms with Gasteiger partial charge in [-0.2, -0.15) is 0 Å². The fourth-order valence-corrected chi connectivity index (χ4v) is 2.12. The molecular formula is C16H17BrFNO2. The normalized spacial score (nSPS) is 12.0. The number of aryl methyl sites for hydroxylation is 1. The van der Waals surface area contributed by atoms with Crippen molar-refractivity contribution < 1.29 is 14.2 Å². The Morgan fingerprint density at radius 2 is 1.95 bits per heavy atom. The molecular weight excluding hydrogens is 337 g/mol. The minimum Gasteiger partial charge on any atom is -0.491 e. The van der Waals surface area contributed by atoms with Crippen molar-refractivity contribution in [3.63, 3.8) is 0 Å². The van der Waals surface area contributed by atoms with Crippen LogP contribution in [-0.4, -0.2) is 24.4 Å². The maximum absolute atomic E-state index is 13.6. The Hall–Kier alpha value is -1.59. The van der Waals surface area contributed by atoms with Crippen LogP contribution in [0.4, 0.5) is 10.1 Å². The number of para-hydroxylation sites is 1. The molecule has 2 aromatic rings. The Bertz CT molecular complexity index is 569. The molecule has 0 fully saturated rings. The molecule has 0 radical (unpaired) electrons. The molecule has 0 aliphatic heterocycles. The van der Waals surface area contributed by atoms with Crippen molar-refractivity contribution in [2.75, 3.05) is 18.5 Å². The number of hydrogen-bond acceptors (Lipinski definition) is 3. The van der Waals surface area contributed by atoms with Crippen molar-refractivity contribution in [2.45, 2.75) is 13.0 Å². The highest BCUT2D eigenvalue weighted by atomic mass is 79.9. The van der Waals surface area contributed by atoms with Gasteiger partial charge in [0.1, 0.15) is 24.3 Å². The molecule has 1 unspecified atom stereocenters. The van der Waals surface area contributed by atoms with Crippen LogP contribution in [0.15, 0.2) is 46.9 Å². The van der Waals surface area contributed by atoms with Crippen LogP contribution in [0.5, 0.6) is 5.75 Å². The van der Waals surface area contributed by atoms with E-state index in [1.165, 1.54) is 6.07 Å². The van der Waals surface area contributed by atoms with Crippen molar-refractivity contribution in [2.24, 2.45) is 0 Å². The quantitative estimate of drug-likeness (QED) is 0.830. The molecule has 1 atom stereocenters. The van der Waals surface area contributed by atoms with E-state index >= 15 is 0 Å². The summed E-state index contributed by atoms with van der Waals surface area (Å²) >= 11 is 3.34. The van der Waals surface area contributed by atoms with E-state index < -0.39 is 6.10 Å². The van der Waals surface area contributed by atoms with Gasteiger partial charge in [-0.25, -0.2) is 4.39 Å². The van der Waals surface area contributed by atoms with Gasteiger partial charge in [-0.1, -0.05) is 28.1 Å². The van der Waals surface area contributed by atoms with E-state index in [1.54, 1.807) is 6.07 Å². The van der Waals surface area contributed by atoms with Crippen LogP contribution >= 0.6 is 15.9 Å². The monoisotopic (exact) mass is 353 g/mol. The smallest absolute Gasteiger partial charge is 0.146 e. The van der Waals surface area contributed by atoms with Gasteiger partial charge >= 0.3 is 0 Å². The summed E-state index contributed by atoms with van der Waals surface area (Å²) in [4.78, 5) is 0. The first kappa shape index (κ1) is 15.8. The molecule has 0 spiro atoms. The Labute approximate surface area is 131 Å².